The fourth-order valence-electron chi connectivity index (χ4n) is 2.30. The van der Waals surface area contributed by atoms with Crippen molar-refractivity contribution in [2.24, 2.45) is 0 Å². The van der Waals surface area contributed by atoms with Crippen molar-refractivity contribution >= 4 is 23.5 Å². The van der Waals surface area contributed by atoms with Crippen LogP contribution in [0.3, 0.4) is 0 Å². The van der Waals surface area contributed by atoms with Gasteiger partial charge in [0.15, 0.2) is 5.78 Å². The minimum absolute atomic E-state index is 0.100. The number of allylic oxidation sites excluding steroid dienone is 1. The van der Waals surface area contributed by atoms with Crippen LogP contribution in [0.15, 0.2) is 54.6 Å². The highest BCUT2D eigenvalue weighted by Crippen LogP contribution is 2.14. The van der Waals surface area contributed by atoms with Gasteiger partial charge in [0, 0.05) is 11.4 Å². The SMILES string of the molecule is O=C(C=Cc1ccc(F)cc1)c1ccc(OCCCCCCCl)cc1. The molecule has 2 aromatic rings. The molecule has 0 fully saturated rings. The molecule has 0 aliphatic heterocycles. The van der Waals surface area contributed by atoms with Crippen LogP contribution in [-0.4, -0.2) is 18.3 Å². The molecular weight excluding hydrogens is 339 g/mol. The smallest absolute Gasteiger partial charge is 0.185 e. The maximum atomic E-state index is 12.8. The maximum Gasteiger partial charge on any atom is 0.185 e. The van der Waals surface area contributed by atoms with E-state index in [1.54, 1.807) is 42.5 Å². The average Bonchev–Trinajstić information content (AvgIpc) is 2.64. The molecule has 0 aromatic heterocycles. The molecule has 0 bridgehead atoms. The van der Waals surface area contributed by atoms with Crippen LogP contribution in [0.4, 0.5) is 4.39 Å². The van der Waals surface area contributed by atoms with Crippen LogP contribution in [0.1, 0.15) is 41.6 Å². The summed E-state index contributed by atoms with van der Waals surface area (Å²) in [4.78, 5) is 12.1. The summed E-state index contributed by atoms with van der Waals surface area (Å²) in [6, 6.07) is 13.1. The van der Waals surface area contributed by atoms with Crippen LogP contribution >= 0.6 is 11.6 Å². The third-order valence-corrected chi connectivity index (χ3v) is 4.00. The van der Waals surface area contributed by atoms with Crippen molar-refractivity contribution in [1.82, 2.24) is 0 Å². The zero-order valence-electron chi connectivity index (χ0n) is 14.1. The molecule has 0 saturated heterocycles. The van der Waals surface area contributed by atoms with Crippen LogP contribution < -0.4 is 4.74 Å². The monoisotopic (exact) mass is 360 g/mol. The second-order valence-electron chi connectivity index (χ2n) is 5.73. The highest BCUT2D eigenvalue weighted by Gasteiger charge is 2.02. The summed E-state index contributed by atoms with van der Waals surface area (Å²) < 4.78 is 18.5. The standard InChI is InChI=1S/C21H22ClFO2/c22-15-3-1-2-4-16-25-20-12-8-18(9-13-20)21(24)14-7-17-5-10-19(23)11-6-17/h5-14H,1-4,15-16H2. The molecule has 0 N–H and O–H groups in total. The van der Waals surface area contributed by atoms with E-state index >= 15 is 0 Å². The van der Waals surface area contributed by atoms with E-state index in [1.807, 2.05) is 0 Å². The molecule has 2 rings (SSSR count). The van der Waals surface area contributed by atoms with Gasteiger partial charge in [-0.15, -0.1) is 11.6 Å². The van der Waals surface area contributed by atoms with Gasteiger partial charge >= 0.3 is 0 Å². The second kappa shape index (κ2) is 10.7. The van der Waals surface area contributed by atoms with Crippen LogP contribution in [0.2, 0.25) is 0 Å². The second-order valence-corrected chi connectivity index (χ2v) is 6.10. The van der Waals surface area contributed by atoms with E-state index in [0.717, 1.165) is 37.0 Å². The van der Waals surface area contributed by atoms with Gasteiger partial charge in [-0.1, -0.05) is 31.1 Å². The largest absolute Gasteiger partial charge is 0.494 e. The summed E-state index contributed by atoms with van der Waals surface area (Å²) >= 11 is 5.64. The molecule has 132 valence electrons. The van der Waals surface area contributed by atoms with Gasteiger partial charge < -0.3 is 4.74 Å². The molecule has 0 aliphatic rings. The van der Waals surface area contributed by atoms with Crippen molar-refractivity contribution in [3.05, 3.63) is 71.6 Å². The summed E-state index contributed by atoms with van der Waals surface area (Å²) in [5.41, 5.74) is 1.37. The number of carbonyl (C=O) groups excluding carboxylic acids is 1. The summed E-state index contributed by atoms with van der Waals surface area (Å²) in [6.07, 6.45) is 7.44. The number of rotatable bonds is 10. The van der Waals surface area contributed by atoms with E-state index in [4.69, 9.17) is 16.3 Å². The van der Waals surface area contributed by atoms with Crippen LogP contribution in [0.25, 0.3) is 6.08 Å². The average molecular weight is 361 g/mol. The molecule has 0 spiro atoms. The van der Waals surface area contributed by atoms with E-state index in [0.29, 0.717) is 18.1 Å². The Bertz CT molecular complexity index is 678. The summed E-state index contributed by atoms with van der Waals surface area (Å²) in [7, 11) is 0. The molecule has 2 nitrogen and oxygen atoms in total. The lowest BCUT2D eigenvalue weighted by Crippen LogP contribution is -1.99. The fourth-order valence-corrected chi connectivity index (χ4v) is 2.49. The first-order valence-electron chi connectivity index (χ1n) is 8.46. The Labute approximate surface area is 153 Å². The Balaban J connectivity index is 1.80. The van der Waals surface area contributed by atoms with Crippen molar-refractivity contribution in [3.8, 4) is 5.75 Å². The van der Waals surface area contributed by atoms with Gasteiger partial charge in [0.05, 0.1) is 6.61 Å². The van der Waals surface area contributed by atoms with Gasteiger partial charge in [0.1, 0.15) is 11.6 Å². The molecule has 0 amide bonds. The van der Waals surface area contributed by atoms with Gasteiger partial charge in [0.25, 0.3) is 0 Å². The Hall–Kier alpha value is -2.13. The van der Waals surface area contributed by atoms with Crippen molar-refractivity contribution < 1.29 is 13.9 Å². The number of alkyl halides is 1. The van der Waals surface area contributed by atoms with Crippen LogP contribution in [-0.2, 0) is 0 Å². The Morgan fingerprint density at radius 1 is 0.960 bits per heavy atom. The van der Waals surface area contributed by atoms with Gasteiger partial charge in [0.2, 0.25) is 0 Å². The van der Waals surface area contributed by atoms with Gasteiger partial charge in [-0.3, -0.25) is 4.79 Å². The molecule has 25 heavy (non-hydrogen) atoms. The van der Waals surface area contributed by atoms with Crippen LogP contribution in [0, 0.1) is 5.82 Å². The third kappa shape index (κ3) is 7.10. The Morgan fingerprint density at radius 2 is 1.64 bits per heavy atom. The molecule has 0 aliphatic carbocycles. The predicted octanol–water partition coefficient (Wildman–Crippen LogP) is 5.90. The van der Waals surface area contributed by atoms with E-state index in [-0.39, 0.29) is 11.6 Å². The van der Waals surface area contributed by atoms with Crippen molar-refractivity contribution in [3.63, 3.8) is 0 Å². The topological polar surface area (TPSA) is 26.3 Å². The minimum atomic E-state index is -0.293. The number of benzene rings is 2. The molecular formula is C21H22ClFO2. The molecule has 4 heteroatoms. The highest BCUT2D eigenvalue weighted by molar-refractivity contribution is 6.17. The summed E-state index contributed by atoms with van der Waals surface area (Å²) in [5, 5.41) is 0. The first-order valence-corrected chi connectivity index (χ1v) is 8.99. The quantitative estimate of drug-likeness (QED) is 0.228. The normalized spacial score (nSPS) is 11.0. The van der Waals surface area contributed by atoms with E-state index in [1.165, 1.54) is 18.2 Å². The van der Waals surface area contributed by atoms with Gasteiger partial charge in [-0.2, -0.15) is 0 Å². The van der Waals surface area contributed by atoms with Crippen molar-refractivity contribution in [2.75, 3.05) is 12.5 Å². The molecule has 0 unspecified atom stereocenters. The number of hydrogen-bond donors (Lipinski definition) is 0. The number of ketones is 1. The first kappa shape index (κ1) is 19.2. The van der Waals surface area contributed by atoms with E-state index in [2.05, 4.69) is 0 Å². The van der Waals surface area contributed by atoms with Crippen molar-refractivity contribution in [2.45, 2.75) is 25.7 Å². The summed E-state index contributed by atoms with van der Waals surface area (Å²) in [6.45, 7) is 0.667. The van der Waals surface area contributed by atoms with Gasteiger partial charge in [-0.25, -0.2) is 4.39 Å². The minimum Gasteiger partial charge on any atom is -0.494 e. The predicted molar refractivity (Wildman–Crippen MR) is 101 cm³/mol. The molecule has 0 radical (unpaired) electrons. The van der Waals surface area contributed by atoms with E-state index in [9.17, 15) is 9.18 Å². The maximum absolute atomic E-state index is 12.8. The molecule has 0 saturated carbocycles. The zero-order valence-corrected chi connectivity index (χ0v) is 14.8. The lowest BCUT2D eigenvalue weighted by atomic mass is 10.1. The molecule has 0 heterocycles. The fraction of sp³-hybridized carbons (Fsp3) is 0.286. The van der Waals surface area contributed by atoms with Crippen LogP contribution in [0.5, 0.6) is 5.75 Å². The number of ether oxygens (including phenoxy) is 1. The zero-order chi connectivity index (χ0) is 17.9. The van der Waals surface area contributed by atoms with Crippen molar-refractivity contribution in [1.29, 1.82) is 0 Å². The number of carbonyl (C=O) groups is 1. The molecule has 0 atom stereocenters. The lowest BCUT2D eigenvalue weighted by Gasteiger charge is -2.06. The van der Waals surface area contributed by atoms with E-state index < -0.39 is 0 Å². The molecule has 2 aromatic carbocycles. The lowest BCUT2D eigenvalue weighted by molar-refractivity contribution is 0.104. The highest BCUT2D eigenvalue weighted by atomic mass is 35.5. The first-order chi connectivity index (χ1) is 12.2. The number of unbranched alkanes of at least 4 members (excludes halogenated alkanes) is 3. The Kier molecular flexibility index (Phi) is 8.20. The number of halogens is 2. The Morgan fingerprint density at radius 3 is 2.32 bits per heavy atom. The summed E-state index contributed by atoms with van der Waals surface area (Å²) in [5.74, 6) is 1.08. The number of hydrogen-bond acceptors (Lipinski definition) is 2. The third-order valence-electron chi connectivity index (χ3n) is 3.73. The van der Waals surface area contributed by atoms with Gasteiger partial charge in [-0.05, 0) is 60.9 Å².